The van der Waals surface area contributed by atoms with Crippen LogP contribution in [0.2, 0.25) is 0 Å². The van der Waals surface area contributed by atoms with Crippen molar-refractivity contribution in [2.24, 2.45) is 0 Å². The van der Waals surface area contributed by atoms with Gasteiger partial charge in [-0.15, -0.1) is 0 Å². The SMILES string of the molecule is COc1ccc(COCCC2OC2CO)cc1. The number of hydrogen-bond donors (Lipinski definition) is 1. The van der Waals surface area contributed by atoms with Crippen LogP contribution in [0.5, 0.6) is 5.75 Å². The Morgan fingerprint density at radius 2 is 2.00 bits per heavy atom. The molecule has 0 spiro atoms. The highest BCUT2D eigenvalue weighted by Gasteiger charge is 2.37. The summed E-state index contributed by atoms with van der Waals surface area (Å²) in [5, 5.41) is 8.78. The first-order valence-electron chi connectivity index (χ1n) is 5.80. The van der Waals surface area contributed by atoms with E-state index in [9.17, 15) is 0 Å². The molecule has 1 fully saturated rings. The molecule has 0 saturated carbocycles. The van der Waals surface area contributed by atoms with Crippen molar-refractivity contribution in [1.29, 1.82) is 0 Å². The van der Waals surface area contributed by atoms with Gasteiger partial charge in [0.05, 0.1) is 26.4 Å². The van der Waals surface area contributed by atoms with Crippen molar-refractivity contribution in [2.75, 3.05) is 20.3 Å². The Kier molecular flexibility index (Phi) is 4.36. The molecule has 17 heavy (non-hydrogen) atoms. The van der Waals surface area contributed by atoms with Gasteiger partial charge in [0.1, 0.15) is 11.9 Å². The minimum atomic E-state index is 0.0413. The van der Waals surface area contributed by atoms with Gasteiger partial charge in [-0.05, 0) is 24.1 Å². The summed E-state index contributed by atoms with van der Waals surface area (Å²) < 4.78 is 15.8. The van der Waals surface area contributed by atoms with Gasteiger partial charge >= 0.3 is 0 Å². The molecule has 1 saturated heterocycles. The molecule has 0 radical (unpaired) electrons. The second-order valence-electron chi connectivity index (χ2n) is 4.08. The summed E-state index contributed by atoms with van der Waals surface area (Å²) in [4.78, 5) is 0. The highest BCUT2D eigenvalue weighted by molar-refractivity contribution is 5.26. The van der Waals surface area contributed by atoms with Crippen molar-refractivity contribution < 1.29 is 19.3 Å². The van der Waals surface area contributed by atoms with Gasteiger partial charge in [0, 0.05) is 6.61 Å². The molecule has 2 unspecified atom stereocenters. The number of methoxy groups -OCH3 is 1. The molecule has 4 nitrogen and oxygen atoms in total. The molecule has 2 atom stereocenters. The Bertz CT molecular complexity index is 336. The van der Waals surface area contributed by atoms with Crippen LogP contribution in [-0.4, -0.2) is 37.6 Å². The van der Waals surface area contributed by atoms with Crippen molar-refractivity contribution in [1.82, 2.24) is 0 Å². The quantitative estimate of drug-likeness (QED) is 0.575. The Morgan fingerprint density at radius 3 is 2.59 bits per heavy atom. The molecule has 0 aliphatic carbocycles. The van der Waals surface area contributed by atoms with E-state index < -0.39 is 0 Å². The zero-order valence-electron chi connectivity index (χ0n) is 9.96. The molecule has 1 aliphatic rings. The summed E-state index contributed by atoms with van der Waals surface area (Å²) in [5.41, 5.74) is 1.13. The maximum Gasteiger partial charge on any atom is 0.118 e. The van der Waals surface area contributed by atoms with Gasteiger partial charge in [-0.1, -0.05) is 12.1 Å². The highest BCUT2D eigenvalue weighted by atomic mass is 16.6. The lowest BCUT2D eigenvalue weighted by Gasteiger charge is -2.04. The molecule has 2 rings (SSSR count). The first-order chi connectivity index (χ1) is 8.33. The predicted octanol–water partition coefficient (Wildman–Crippen LogP) is 1.36. The first kappa shape index (κ1) is 12.4. The maximum absolute atomic E-state index is 8.78. The van der Waals surface area contributed by atoms with Gasteiger partial charge in [0.2, 0.25) is 0 Å². The molecule has 1 N–H and O–H groups in total. The van der Waals surface area contributed by atoms with E-state index in [4.69, 9.17) is 19.3 Å². The van der Waals surface area contributed by atoms with Crippen LogP contribution in [0.25, 0.3) is 0 Å². The van der Waals surface area contributed by atoms with Crippen LogP contribution in [-0.2, 0) is 16.1 Å². The third kappa shape index (κ3) is 3.70. The van der Waals surface area contributed by atoms with E-state index in [1.807, 2.05) is 24.3 Å². The monoisotopic (exact) mass is 238 g/mol. The van der Waals surface area contributed by atoms with Crippen LogP contribution < -0.4 is 4.74 Å². The number of hydrogen-bond acceptors (Lipinski definition) is 4. The third-order valence-electron chi connectivity index (χ3n) is 2.84. The molecule has 0 amide bonds. The van der Waals surface area contributed by atoms with Crippen molar-refractivity contribution in [2.45, 2.75) is 25.2 Å². The summed E-state index contributed by atoms with van der Waals surface area (Å²) in [7, 11) is 1.65. The number of ether oxygens (including phenoxy) is 3. The Balaban J connectivity index is 1.61. The summed E-state index contributed by atoms with van der Waals surface area (Å²) in [6.45, 7) is 1.37. The van der Waals surface area contributed by atoms with Gasteiger partial charge in [0.25, 0.3) is 0 Å². The lowest BCUT2D eigenvalue weighted by atomic mass is 10.2. The fraction of sp³-hybridized carbons (Fsp3) is 0.538. The number of rotatable bonds is 7. The van der Waals surface area contributed by atoms with E-state index in [0.29, 0.717) is 13.2 Å². The van der Waals surface area contributed by atoms with Crippen LogP contribution in [0.3, 0.4) is 0 Å². The molecule has 0 bridgehead atoms. The van der Waals surface area contributed by atoms with Gasteiger partial charge < -0.3 is 19.3 Å². The van der Waals surface area contributed by atoms with Gasteiger partial charge in [0.15, 0.2) is 0 Å². The molecular weight excluding hydrogens is 220 g/mol. The maximum atomic E-state index is 8.78. The second kappa shape index (κ2) is 6.00. The topological polar surface area (TPSA) is 51.2 Å². The van der Waals surface area contributed by atoms with E-state index in [1.54, 1.807) is 7.11 Å². The number of aliphatic hydroxyl groups is 1. The van der Waals surface area contributed by atoms with Gasteiger partial charge in [-0.25, -0.2) is 0 Å². The van der Waals surface area contributed by atoms with Crippen molar-refractivity contribution >= 4 is 0 Å². The summed E-state index contributed by atoms with van der Waals surface area (Å²) in [6, 6.07) is 7.82. The molecule has 94 valence electrons. The molecule has 1 aliphatic heterocycles. The van der Waals surface area contributed by atoms with E-state index >= 15 is 0 Å². The highest BCUT2D eigenvalue weighted by Crippen LogP contribution is 2.24. The van der Waals surface area contributed by atoms with Crippen molar-refractivity contribution in [3.63, 3.8) is 0 Å². The van der Waals surface area contributed by atoms with Gasteiger partial charge in [-0.2, -0.15) is 0 Å². The number of aliphatic hydroxyl groups excluding tert-OH is 1. The summed E-state index contributed by atoms with van der Waals surface area (Å²) in [5.74, 6) is 0.853. The van der Waals surface area contributed by atoms with E-state index in [2.05, 4.69) is 0 Å². The minimum absolute atomic E-state index is 0.0413. The van der Waals surface area contributed by atoms with Crippen molar-refractivity contribution in [3.8, 4) is 5.75 Å². The Morgan fingerprint density at radius 1 is 1.24 bits per heavy atom. The smallest absolute Gasteiger partial charge is 0.118 e. The van der Waals surface area contributed by atoms with Crippen LogP contribution in [0.1, 0.15) is 12.0 Å². The molecule has 1 aromatic carbocycles. The lowest BCUT2D eigenvalue weighted by molar-refractivity contribution is 0.113. The van der Waals surface area contributed by atoms with Crippen LogP contribution >= 0.6 is 0 Å². The standard InChI is InChI=1S/C13H18O4/c1-15-11-4-2-10(3-5-11)9-16-7-6-12-13(8-14)17-12/h2-5,12-14H,6-9H2,1H3. The van der Waals surface area contributed by atoms with Crippen molar-refractivity contribution in [3.05, 3.63) is 29.8 Å². The second-order valence-corrected chi connectivity index (χ2v) is 4.08. The predicted molar refractivity (Wildman–Crippen MR) is 63.0 cm³/mol. The fourth-order valence-electron chi connectivity index (χ4n) is 1.70. The number of epoxide rings is 1. The van der Waals surface area contributed by atoms with E-state index in [-0.39, 0.29) is 18.8 Å². The molecular formula is C13H18O4. The van der Waals surface area contributed by atoms with Crippen LogP contribution in [0.15, 0.2) is 24.3 Å². The lowest BCUT2D eigenvalue weighted by Crippen LogP contribution is -2.03. The summed E-state index contributed by atoms with van der Waals surface area (Å²) >= 11 is 0. The third-order valence-corrected chi connectivity index (χ3v) is 2.84. The fourth-order valence-corrected chi connectivity index (χ4v) is 1.70. The minimum Gasteiger partial charge on any atom is -0.497 e. The Hall–Kier alpha value is -1.10. The average Bonchev–Trinajstić information content (AvgIpc) is 3.14. The van der Waals surface area contributed by atoms with E-state index in [1.165, 1.54) is 0 Å². The largest absolute Gasteiger partial charge is 0.497 e. The average molecular weight is 238 g/mol. The summed E-state index contributed by atoms with van der Waals surface area (Å²) in [6.07, 6.45) is 1.08. The molecule has 4 heteroatoms. The zero-order chi connectivity index (χ0) is 12.1. The van der Waals surface area contributed by atoms with Gasteiger partial charge in [-0.3, -0.25) is 0 Å². The first-order valence-corrected chi connectivity index (χ1v) is 5.80. The van der Waals surface area contributed by atoms with E-state index in [0.717, 1.165) is 17.7 Å². The molecule has 1 aromatic rings. The van der Waals surface area contributed by atoms with Crippen LogP contribution in [0.4, 0.5) is 0 Å². The number of benzene rings is 1. The Labute approximate surface area is 101 Å². The molecule has 1 heterocycles. The van der Waals surface area contributed by atoms with Crippen LogP contribution in [0, 0.1) is 0 Å². The molecule has 0 aromatic heterocycles. The normalized spacial score (nSPS) is 22.5. The zero-order valence-corrected chi connectivity index (χ0v) is 9.96.